The molecule has 0 saturated heterocycles. The molecule has 4 rings (SSSR count). The molecule has 1 aliphatic carbocycles. The predicted octanol–water partition coefficient (Wildman–Crippen LogP) is 2.53. The number of phenols is 1. The van der Waals surface area contributed by atoms with E-state index in [9.17, 15) is 9.50 Å². The van der Waals surface area contributed by atoms with Crippen LogP contribution in [0.2, 0.25) is 0 Å². The number of aromatic hydroxyl groups is 1. The summed E-state index contributed by atoms with van der Waals surface area (Å²) in [6, 6.07) is 8.42. The van der Waals surface area contributed by atoms with Crippen molar-refractivity contribution in [2.45, 2.75) is 18.6 Å². The normalized spacial score (nSPS) is 19.0. The molecule has 0 fully saturated rings. The Morgan fingerprint density at radius 2 is 2.12 bits per heavy atom. The van der Waals surface area contributed by atoms with E-state index in [2.05, 4.69) is 20.5 Å². The number of rotatable bonds is 4. The smallest absolute Gasteiger partial charge is 0.151 e. The van der Waals surface area contributed by atoms with Crippen LogP contribution in [0.3, 0.4) is 0 Å². The molecule has 132 valence electrons. The first-order chi connectivity index (χ1) is 12.6. The number of phenolic OH excluding ortho intramolecular Hbond substituents is 1. The Morgan fingerprint density at radius 1 is 1.23 bits per heavy atom. The molecule has 1 aliphatic rings. The SMILES string of the molecule is CN(c1ccc(-c2ccc(-n3ccnn3)cc2O)nn1)[C@H]1CC=C[C@@H]1F. The average molecular weight is 352 g/mol. The number of aromatic nitrogens is 5. The maximum atomic E-state index is 13.9. The minimum atomic E-state index is -1.00. The van der Waals surface area contributed by atoms with Gasteiger partial charge in [-0.05, 0) is 30.7 Å². The highest BCUT2D eigenvalue weighted by Crippen LogP contribution is 2.30. The summed E-state index contributed by atoms with van der Waals surface area (Å²) >= 11 is 0. The van der Waals surface area contributed by atoms with Crippen LogP contribution in [-0.4, -0.2) is 49.6 Å². The highest BCUT2D eigenvalue weighted by atomic mass is 19.1. The molecule has 2 atom stereocenters. The second-order valence-electron chi connectivity index (χ2n) is 6.11. The van der Waals surface area contributed by atoms with Crippen molar-refractivity contribution < 1.29 is 9.50 Å². The molecule has 0 spiro atoms. The molecular weight excluding hydrogens is 335 g/mol. The van der Waals surface area contributed by atoms with Gasteiger partial charge in [0, 0.05) is 18.7 Å². The Bertz CT molecular complexity index is 925. The first-order valence-electron chi connectivity index (χ1n) is 8.21. The molecule has 0 radical (unpaired) electrons. The van der Waals surface area contributed by atoms with Gasteiger partial charge in [-0.25, -0.2) is 9.07 Å². The second kappa shape index (κ2) is 6.55. The van der Waals surface area contributed by atoms with E-state index in [-0.39, 0.29) is 11.8 Å². The summed E-state index contributed by atoms with van der Waals surface area (Å²) < 4.78 is 15.4. The molecular formula is C18H17FN6O. The summed E-state index contributed by atoms with van der Waals surface area (Å²) in [7, 11) is 1.80. The van der Waals surface area contributed by atoms with E-state index in [1.165, 1.54) is 0 Å². The quantitative estimate of drug-likeness (QED) is 0.727. The monoisotopic (exact) mass is 352 g/mol. The number of halogens is 1. The van der Waals surface area contributed by atoms with Crippen molar-refractivity contribution in [1.29, 1.82) is 0 Å². The molecule has 0 unspecified atom stereocenters. The van der Waals surface area contributed by atoms with Gasteiger partial charge in [-0.1, -0.05) is 17.4 Å². The zero-order chi connectivity index (χ0) is 18.1. The van der Waals surface area contributed by atoms with Crippen LogP contribution < -0.4 is 4.90 Å². The zero-order valence-corrected chi connectivity index (χ0v) is 14.1. The summed E-state index contributed by atoms with van der Waals surface area (Å²) in [6.45, 7) is 0. The molecule has 26 heavy (non-hydrogen) atoms. The molecule has 0 aliphatic heterocycles. The summed E-state index contributed by atoms with van der Waals surface area (Å²) in [6.07, 6.45) is 6.29. The van der Waals surface area contributed by atoms with Crippen molar-refractivity contribution in [2.24, 2.45) is 0 Å². The third kappa shape index (κ3) is 2.90. The zero-order valence-electron chi connectivity index (χ0n) is 14.1. The Kier molecular flexibility index (Phi) is 4.08. The van der Waals surface area contributed by atoms with E-state index in [1.54, 1.807) is 59.4 Å². The molecule has 8 heteroatoms. The number of benzene rings is 1. The lowest BCUT2D eigenvalue weighted by molar-refractivity contribution is 0.348. The van der Waals surface area contributed by atoms with E-state index in [0.29, 0.717) is 29.2 Å². The van der Waals surface area contributed by atoms with Crippen molar-refractivity contribution in [1.82, 2.24) is 25.2 Å². The van der Waals surface area contributed by atoms with Crippen LogP contribution in [-0.2, 0) is 0 Å². The standard InChI is InChI=1S/C18H17FN6O/c1-24(16-4-2-3-14(16)19)18-8-7-15(21-22-18)13-6-5-12(11-17(13)26)25-10-9-20-23-25/h2-3,5-11,14,16,26H,4H2,1H3/t14-,16-/m0/s1. The van der Waals surface area contributed by atoms with E-state index < -0.39 is 6.17 Å². The van der Waals surface area contributed by atoms with Gasteiger partial charge in [0.1, 0.15) is 11.9 Å². The average Bonchev–Trinajstić information content (AvgIpc) is 3.33. The maximum absolute atomic E-state index is 13.9. The topological polar surface area (TPSA) is 80.0 Å². The summed E-state index contributed by atoms with van der Waals surface area (Å²) in [5.41, 5.74) is 1.78. The van der Waals surface area contributed by atoms with Gasteiger partial charge in [0.25, 0.3) is 0 Å². The summed E-state index contributed by atoms with van der Waals surface area (Å²) in [4.78, 5) is 1.79. The first kappa shape index (κ1) is 16.2. The minimum absolute atomic E-state index is 0.0669. The van der Waals surface area contributed by atoms with Gasteiger partial charge in [0.05, 0.1) is 29.8 Å². The lowest BCUT2D eigenvalue weighted by Gasteiger charge is -2.26. The molecule has 0 bridgehead atoms. The fraction of sp³-hybridized carbons (Fsp3) is 0.222. The van der Waals surface area contributed by atoms with Gasteiger partial charge in [-0.2, -0.15) is 0 Å². The van der Waals surface area contributed by atoms with E-state index >= 15 is 0 Å². The van der Waals surface area contributed by atoms with Crippen LogP contribution in [0.5, 0.6) is 5.75 Å². The van der Waals surface area contributed by atoms with Gasteiger partial charge in [-0.15, -0.1) is 15.3 Å². The first-order valence-corrected chi connectivity index (χ1v) is 8.21. The highest BCUT2D eigenvalue weighted by Gasteiger charge is 2.27. The van der Waals surface area contributed by atoms with E-state index in [1.807, 2.05) is 12.1 Å². The number of hydrogen-bond donors (Lipinski definition) is 1. The summed E-state index contributed by atoms with van der Waals surface area (Å²) in [5.74, 6) is 0.654. The third-order valence-electron chi connectivity index (χ3n) is 4.52. The van der Waals surface area contributed by atoms with Crippen LogP contribution >= 0.6 is 0 Å². The third-order valence-corrected chi connectivity index (χ3v) is 4.52. The van der Waals surface area contributed by atoms with Gasteiger partial charge in [0.15, 0.2) is 5.82 Å². The van der Waals surface area contributed by atoms with E-state index in [0.717, 1.165) is 0 Å². The van der Waals surface area contributed by atoms with Crippen LogP contribution in [0.4, 0.5) is 10.2 Å². The lowest BCUT2D eigenvalue weighted by Crippen LogP contribution is -2.36. The molecule has 2 aromatic heterocycles. The van der Waals surface area contributed by atoms with Crippen LogP contribution in [0.1, 0.15) is 6.42 Å². The fourth-order valence-electron chi connectivity index (χ4n) is 3.03. The van der Waals surface area contributed by atoms with Crippen molar-refractivity contribution in [3.63, 3.8) is 0 Å². The molecule has 1 N–H and O–H groups in total. The molecule has 0 saturated carbocycles. The molecule has 0 amide bonds. The van der Waals surface area contributed by atoms with Crippen molar-refractivity contribution in [3.05, 3.63) is 54.9 Å². The van der Waals surface area contributed by atoms with Crippen molar-refractivity contribution in [3.8, 4) is 22.7 Å². The highest BCUT2D eigenvalue weighted by molar-refractivity contribution is 5.69. The Labute approximate surface area is 149 Å². The van der Waals surface area contributed by atoms with Gasteiger partial charge in [0.2, 0.25) is 0 Å². The lowest BCUT2D eigenvalue weighted by atomic mass is 10.1. The molecule has 3 aromatic rings. The van der Waals surface area contributed by atoms with Gasteiger partial charge >= 0.3 is 0 Å². The van der Waals surface area contributed by atoms with Crippen LogP contribution in [0.15, 0.2) is 54.9 Å². The van der Waals surface area contributed by atoms with E-state index in [4.69, 9.17) is 0 Å². The van der Waals surface area contributed by atoms with Crippen LogP contribution in [0.25, 0.3) is 16.9 Å². The molecule has 2 heterocycles. The largest absolute Gasteiger partial charge is 0.507 e. The Hall–Kier alpha value is -3.29. The molecule has 7 nitrogen and oxygen atoms in total. The maximum Gasteiger partial charge on any atom is 0.151 e. The minimum Gasteiger partial charge on any atom is -0.507 e. The number of alkyl halides is 1. The Morgan fingerprint density at radius 3 is 2.73 bits per heavy atom. The fourth-order valence-corrected chi connectivity index (χ4v) is 3.03. The van der Waals surface area contributed by atoms with Gasteiger partial charge < -0.3 is 10.0 Å². The summed E-state index contributed by atoms with van der Waals surface area (Å²) in [5, 5.41) is 26.3. The molecule has 1 aromatic carbocycles. The van der Waals surface area contributed by atoms with Crippen molar-refractivity contribution in [2.75, 3.05) is 11.9 Å². The second-order valence-corrected chi connectivity index (χ2v) is 6.11. The Balaban J connectivity index is 1.57. The number of hydrogen-bond acceptors (Lipinski definition) is 6. The van der Waals surface area contributed by atoms with Crippen molar-refractivity contribution >= 4 is 5.82 Å². The van der Waals surface area contributed by atoms with Gasteiger partial charge in [-0.3, -0.25) is 0 Å². The van der Waals surface area contributed by atoms with Crippen LogP contribution in [0, 0.1) is 0 Å². The number of nitrogens with zero attached hydrogens (tertiary/aromatic N) is 6. The number of anilines is 1. The predicted molar refractivity (Wildman–Crippen MR) is 94.9 cm³/mol.